The third-order valence-electron chi connectivity index (χ3n) is 12.3. The van der Waals surface area contributed by atoms with Crippen molar-refractivity contribution in [1.29, 1.82) is 0 Å². The number of likely N-dealkylation sites (N-methyl/N-ethyl adjacent to an activating group) is 1. The van der Waals surface area contributed by atoms with Crippen LogP contribution in [0.1, 0.15) is 94.9 Å². The van der Waals surface area contributed by atoms with E-state index in [4.69, 9.17) is 37.9 Å². The number of ether oxygens (including phenoxy) is 8. The van der Waals surface area contributed by atoms with Crippen LogP contribution in [0.5, 0.6) is 0 Å². The zero-order valence-electron chi connectivity index (χ0n) is 33.8. The molecular formula is C38H65NO14. The molecule has 0 spiro atoms. The number of rotatable bonds is 7. The van der Waals surface area contributed by atoms with Crippen LogP contribution in [-0.2, 0) is 47.5 Å². The molecule has 2 unspecified atom stereocenters. The van der Waals surface area contributed by atoms with Gasteiger partial charge in [-0.15, -0.1) is 0 Å². The van der Waals surface area contributed by atoms with Gasteiger partial charge in [0, 0.05) is 31.4 Å². The van der Waals surface area contributed by atoms with Gasteiger partial charge in [-0.25, -0.2) is 4.79 Å². The van der Waals surface area contributed by atoms with Gasteiger partial charge in [0.1, 0.15) is 24.1 Å². The van der Waals surface area contributed by atoms with Gasteiger partial charge in [-0.05, 0) is 74.9 Å². The molecule has 4 saturated heterocycles. The number of fused-ring (bicyclic) bond motifs is 1. The van der Waals surface area contributed by atoms with Crippen molar-refractivity contribution in [1.82, 2.24) is 4.90 Å². The SMILES string of the molecule is CCC1OC(=O)[C@H](C)C(O[C@H]2C[C@@](C)(OC)[C@@H](O)[C@H](C)O2)[C@H](C)[C@@H](O[C@@H]2O[C@H](C)C[C@H](N(C)C)[C@H]2O)[C@](C)(O)C[C@@H](C)C(=O)[C@H](C)[C@H]2OC(=O)O[C@]12C. The monoisotopic (exact) mass is 759 g/mol. The number of esters is 1. The highest BCUT2D eigenvalue weighted by Gasteiger charge is 2.59. The van der Waals surface area contributed by atoms with Gasteiger partial charge in [0.25, 0.3) is 0 Å². The van der Waals surface area contributed by atoms with E-state index in [0.717, 1.165) is 0 Å². The van der Waals surface area contributed by atoms with Gasteiger partial charge in [0.15, 0.2) is 24.3 Å². The zero-order chi connectivity index (χ0) is 40.0. The second-order valence-electron chi connectivity index (χ2n) is 16.9. The summed E-state index contributed by atoms with van der Waals surface area (Å²) in [5.41, 5.74) is -4.33. The quantitative estimate of drug-likeness (QED) is 0.321. The Morgan fingerprint density at radius 3 is 2.13 bits per heavy atom. The summed E-state index contributed by atoms with van der Waals surface area (Å²) in [6.07, 6.45) is -9.81. The second kappa shape index (κ2) is 16.6. The van der Waals surface area contributed by atoms with Gasteiger partial charge in [0.05, 0.1) is 47.5 Å². The molecule has 4 aliphatic rings. The molecule has 0 radical (unpaired) electrons. The van der Waals surface area contributed by atoms with E-state index in [-0.39, 0.29) is 37.2 Å². The van der Waals surface area contributed by atoms with Crippen molar-refractivity contribution in [3.05, 3.63) is 0 Å². The Hall–Kier alpha value is -1.95. The van der Waals surface area contributed by atoms with Crippen molar-refractivity contribution in [3.8, 4) is 0 Å². The fraction of sp³-hybridized carbons (Fsp3) is 0.921. The van der Waals surface area contributed by atoms with E-state index < -0.39 is 108 Å². The van der Waals surface area contributed by atoms with Crippen LogP contribution >= 0.6 is 0 Å². The molecule has 0 aromatic heterocycles. The maximum absolute atomic E-state index is 14.3. The molecule has 0 bridgehead atoms. The molecule has 3 N–H and O–H groups in total. The van der Waals surface area contributed by atoms with E-state index in [2.05, 4.69) is 0 Å². The molecule has 4 heterocycles. The smallest absolute Gasteiger partial charge is 0.458 e. The lowest BCUT2D eigenvalue weighted by atomic mass is 9.74. The topological polar surface area (TPSA) is 189 Å². The summed E-state index contributed by atoms with van der Waals surface area (Å²) in [6, 6.07) is -0.322. The summed E-state index contributed by atoms with van der Waals surface area (Å²) < 4.78 is 48.7. The van der Waals surface area contributed by atoms with E-state index >= 15 is 0 Å². The largest absolute Gasteiger partial charge is 0.509 e. The van der Waals surface area contributed by atoms with Gasteiger partial charge in [-0.1, -0.05) is 27.7 Å². The molecule has 15 heteroatoms. The maximum atomic E-state index is 14.3. The van der Waals surface area contributed by atoms with E-state index in [1.165, 1.54) is 7.11 Å². The highest BCUT2D eigenvalue weighted by atomic mass is 16.8. The number of carbonyl (C=O) groups is 3. The third kappa shape index (κ3) is 8.88. The summed E-state index contributed by atoms with van der Waals surface area (Å²) in [5, 5.41) is 34.9. The zero-order valence-corrected chi connectivity index (χ0v) is 33.8. The number of aliphatic hydroxyl groups is 3. The van der Waals surface area contributed by atoms with Crippen molar-refractivity contribution in [2.75, 3.05) is 21.2 Å². The van der Waals surface area contributed by atoms with Crippen LogP contribution in [-0.4, -0.2) is 144 Å². The summed E-state index contributed by atoms with van der Waals surface area (Å²) in [5.74, 6) is -4.54. The number of Topliss-reactive ketones (excluding diaryl/α,β-unsaturated/α-hetero) is 1. The summed E-state index contributed by atoms with van der Waals surface area (Å²) in [6.45, 7) is 16.9. The van der Waals surface area contributed by atoms with E-state index in [9.17, 15) is 29.7 Å². The minimum Gasteiger partial charge on any atom is -0.458 e. The average Bonchev–Trinajstić information content (AvgIpc) is 3.40. The van der Waals surface area contributed by atoms with Crippen LogP contribution in [0.3, 0.4) is 0 Å². The average molecular weight is 760 g/mol. The third-order valence-corrected chi connectivity index (χ3v) is 12.3. The summed E-state index contributed by atoms with van der Waals surface area (Å²) in [7, 11) is 5.20. The van der Waals surface area contributed by atoms with Gasteiger partial charge in [0.2, 0.25) is 0 Å². The first-order valence-corrected chi connectivity index (χ1v) is 19.1. The standard InChI is InChI=1S/C38H65NO14/c1-14-25-38(10)32(52-35(44)53-38)20(4)27(40)18(2)16-36(8,45)31(51-34-28(41)24(39(11)12)15-19(3)47-34)21(5)29(22(6)33(43)49-25)50-26-17-37(9,46-13)30(42)23(7)48-26/h18-26,28-32,34,41-42,45H,14-17H2,1-13H3/t18-,19-,20+,21+,22-,23+,24+,25?,26+,28-,29?,30+,31-,32-,34+,36-,37-,38-/m1/s1. The number of methoxy groups -OCH3 is 1. The molecule has 0 saturated carbocycles. The molecular weight excluding hydrogens is 694 g/mol. The van der Waals surface area contributed by atoms with E-state index in [1.807, 2.05) is 25.9 Å². The van der Waals surface area contributed by atoms with Gasteiger partial charge in [-0.2, -0.15) is 0 Å². The molecule has 4 rings (SSSR count). The van der Waals surface area contributed by atoms with Crippen molar-refractivity contribution in [2.45, 2.75) is 179 Å². The maximum Gasteiger partial charge on any atom is 0.509 e. The fourth-order valence-electron chi connectivity index (χ4n) is 9.03. The minimum atomic E-state index is -1.78. The second-order valence-corrected chi connectivity index (χ2v) is 16.9. The predicted octanol–water partition coefficient (Wildman–Crippen LogP) is 2.97. The van der Waals surface area contributed by atoms with Crippen LogP contribution in [0.4, 0.5) is 4.79 Å². The molecule has 4 fully saturated rings. The van der Waals surface area contributed by atoms with Crippen molar-refractivity contribution < 1.29 is 67.6 Å². The molecule has 0 aliphatic carbocycles. The Morgan fingerprint density at radius 2 is 1.55 bits per heavy atom. The van der Waals surface area contributed by atoms with Gasteiger partial charge in [-0.3, -0.25) is 9.59 Å². The highest BCUT2D eigenvalue weighted by molar-refractivity contribution is 5.84. The van der Waals surface area contributed by atoms with Gasteiger partial charge >= 0.3 is 12.1 Å². The van der Waals surface area contributed by atoms with Crippen molar-refractivity contribution in [3.63, 3.8) is 0 Å². The molecule has 4 aliphatic heterocycles. The van der Waals surface area contributed by atoms with Crippen LogP contribution < -0.4 is 0 Å². The predicted molar refractivity (Wildman–Crippen MR) is 189 cm³/mol. The molecule has 53 heavy (non-hydrogen) atoms. The fourth-order valence-corrected chi connectivity index (χ4v) is 9.03. The highest BCUT2D eigenvalue weighted by Crippen LogP contribution is 2.43. The lowest BCUT2D eigenvalue weighted by Gasteiger charge is -2.49. The van der Waals surface area contributed by atoms with Crippen molar-refractivity contribution in [2.24, 2.45) is 23.7 Å². The summed E-state index contributed by atoms with van der Waals surface area (Å²) in [4.78, 5) is 43.0. The number of ketones is 1. The Bertz CT molecular complexity index is 1300. The number of aliphatic hydroxyl groups excluding tert-OH is 2. The first-order chi connectivity index (χ1) is 24.5. The van der Waals surface area contributed by atoms with Crippen LogP contribution in [0.15, 0.2) is 0 Å². The van der Waals surface area contributed by atoms with E-state index in [1.54, 1.807) is 62.3 Å². The van der Waals surface area contributed by atoms with Gasteiger partial charge < -0.3 is 58.1 Å². The lowest BCUT2D eigenvalue weighted by molar-refractivity contribution is -0.318. The van der Waals surface area contributed by atoms with Crippen LogP contribution in [0.25, 0.3) is 0 Å². The Balaban J connectivity index is 1.84. The van der Waals surface area contributed by atoms with Crippen LogP contribution in [0.2, 0.25) is 0 Å². The first kappa shape index (κ1) is 43.8. The minimum absolute atomic E-state index is 0.0996. The summed E-state index contributed by atoms with van der Waals surface area (Å²) >= 11 is 0. The normalized spacial score (nSPS) is 49.1. The van der Waals surface area contributed by atoms with E-state index in [0.29, 0.717) is 6.42 Å². The Morgan fingerprint density at radius 1 is 0.906 bits per heavy atom. The molecule has 18 atom stereocenters. The number of hydrogen-bond acceptors (Lipinski definition) is 15. The molecule has 306 valence electrons. The van der Waals surface area contributed by atoms with Crippen LogP contribution in [0, 0.1) is 23.7 Å². The first-order valence-electron chi connectivity index (χ1n) is 19.1. The lowest BCUT2D eigenvalue weighted by Crippen LogP contribution is -2.61. The number of nitrogens with zero attached hydrogens (tertiary/aromatic N) is 1. The Labute approximate surface area is 314 Å². The molecule has 0 aromatic carbocycles. The Kier molecular flexibility index (Phi) is 13.7. The van der Waals surface area contributed by atoms with Crippen molar-refractivity contribution >= 4 is 17.9 Å². The molecule has 0 amide bonds. The molecule has 0 aromatic rings. The molecule has 15 nitrogen and oxygen atoms in total. The number of cyclic esters (lactones) is 1. The number of hydrogen-bond donors (Lipinski definition) is 3. The number of carbonyl (C=O) groups excluding carboxylic acids is 3.